The van der Waals surface area contributed by atoms with Crippen LogP contribution in [-0.4, -0.2) is 56.6 Å². The summed E-state index contributed by atoms with van der Waals surface area (Å²) in [6.07, 6.45) is 2.26. The van der Waals surface area contributed by atoms with E-state index in [1.54, 1.807) is 18.2 Å². The van der Waals surface area contributed by atoms with Crippen molar-refractivity contribution in [2.75, 3.05) is 33.9 Å². The molecule has 2 atom stereocenters. The predicted molar refractivity (Wildman–Crippen MR) is 134 cm³/mol. The van der Waals surface area contributed by atoms with Crippen molar-refractivity contribution < 1.29 is 19.1 Å². The minimum atomic E-state index is -0.699. The Morgan fingerprint density at radius 3 is 2.21 bits per heavy atom. The first-order valence-corrected chi connectivity index (χ1v) is 12.0. The van der Waals surface area contributed by atoms with E-state index in [9.17, 15) is 9.59 Å². The summed E-state index contributed by atoms with van der Waals surface area (Å²) in [5, 5.41) is 6.63. The van der Waals surface area contributed by atoms with Crippen molar-refractivity contribution in [3.63, 3.8) is 0 Å². The lowest BCUT2D eigenvalue weighted by Gasteiger charge is -2.30. The van der Waals surface area contributed by atoms with Crippen LogP contribution in [0.5, 0.6) is 11.5 Å². The van der Waals surface area contributed by atoms with Crippen molar-refractivity contribution >= 4 is 23.4 Å². The van der Waals surface area contributed by atoms with Crippen molar-refractivity contribution in [2.45, 2.75) is 38.8 Å². The molecule has 1 aliphatic heterocycles. The van der Waals surface area contributed by atoms with Crippen LogP contribution in [0.25, 0.3) is 0 Å². The molecule has 0 radical (unpaired) electrons. The van der Waals surface area contributed by atoms with E-state index in [2.05, 4.69) is 15.5 Å². The topological polar surface area (TPSA) is 79.9 Å². The van der Waals surface area contributed by atoms with Gasteiger partial charge in [-0.2, -0.15) is 0 Å². The van der Waals surface area contributed by atoms with E-state index in [1.807, 2.05) is 38.1 Å². The van der Waals surface area contributed by atoms with Crippen molar-refractivity contribution in [3.8, 4) is 11.5 Å². The summed E-state index contributed by atoms with van der Waals surface area (Å²) in [4.78, 5) is 28.5. The van der Waals surface area contributed by atoms with Crippen molar-refractivity contribution in [1.29, 1.82) is 0 Å². The lowest BCUT2D eigenvalue weighted by Crippen LogP contribution is -2.51. The molecule has 1 aliphatic rings. The Labute approximate surface area is 206 Å². The fourth-order valence-corrected chi connectivity index (χ4v) is 4.50. The molecule has 7 nitrogen and oxygen atoms in total. The molecule has 2 amide bonds. The summed E-state index contributed by atoms with van der Waals surface area (Å²) in [5.74, 6) is 0.302. The first kappa shape index (κ1) is 25.8. The number of rotatable bonds is 10. The number of carbonyl (C=O) groups excluding carboxylic acids is 2. The number of hydrogen-bond acceptors (Lipinski definition) is 5. The zero-order valence-electron chi connectivity index (χ0n) is 20.3. The third-order valence-corrected chi connectivity index (χ3v) is 6.51. The summed E-state index contributed by atoms with van der Waals surface area (Å²) in [5.41, 5.74) is 1.36. The van der Waals surface area contributed by atoms with E-state index in [0.29, 0.717) is 28.6 Å². The molecule has 34 heavy (non-hydrogen) atoms. The number of nitrogens with zero attached hydrogens (tertiary/aromatic N) is 1. The van der Waals surface area contributed by atoms with Gasteiger partial charge < -0.3 is 20.1 Å². The smallest absolute Gasteiger partial charge is 0.252 e. The van der Waals surface area contributed by atoms with Gasteiger partial charge in [0.2, 0.25) is 5.91 Å². The van der Waals surface area contributed by atoms with Gasteiger partial charge in [-0.05, 0) is 55.6 Å². The Hall–Kier alpha value is -2.77. The first-order valence-electron chi connectivity index (χ1n) is 11.6. The molecule has 1 heterocycles. The minimum absolute atomic E-state index is 0.0219. The number of amides is 2. The van der Waals surface area contributed by atoms with Gasteiger partial charge in [0.15, 0.2) is 0 Å². The number of benzene rings is 2. The Bertz CT molecular complexity index is 970. The van der Waals surface area contributed by atoms with Crippen molar-refractivity contribution in [2.24, 2.45) is 5.92 Å². The lowest BCUT2D eigenvalue weighted by atomic mass is 10.0. The zero-order valence-corrected chi connectivity index (χ0v) is 21.0. The standard InChI is InChI=1S/C26H34ClN3O4/c1-17(2)24(29-25(31)18-13-19(33-3)15-20(14-18)34-4)26(32)28-16-23(30-11-7-8-12-30)21-9-5-6-10-22(21)27/h5-6,9-10,13-15,17,23-24H,7-8,11-12,16H2,1-4H3,(H,28,32)(H,29,31)/t23-,24+/m1/s1. The highest BCUT2D eigenvalue weighted by molar-refractivity contribution is 6.31. The predicted octanol–water partition coefficient (Wildman–Crippen LogP) is 4.06. The van der Waals surface area contributed by atoms with Gasteiger partial charge in [-0.3, -0.25) is 14.5 Å². The average molecular weight is 488 g/mol. The molecule has 0 aliphatic carbocycles. The second-order valence-corrected chi connectivity index (χ2v) is 9.23. The molecule has 2 aromatic rings. The highest BCUT2D eigenvalue weighted by atomic mass is 35.5. The van der Waals surface area contributed by atoms with Gasteiger partial charge in [-0.1, -0.05) is 43.6 Å². The maximum atomic E-state index is 13.2. The third-order valence-electron chi connectivity index (χ3n) is 6.16. The summed E-state index contributed by atoms with van der Waals surface area (Å²) < 4.78 is 10.5. The van der Waals surface area contributed by atoms with E-state index in [4.69, 9.17) is 21.1 Å². The maximum Gasteiger partial charge on any atom is 0.252 e. The van der Waals surface area contributed by atoms with Gasteiger partial charge in [0.25, 0.3) is 5.91 Å². The van der Waals surface area contributed by atoms with Crippen molar-refractivity contribution in [3.05, 3.63) is 58.6 Å². The van der Waals surface area contributed by atoms with Gasteiger partial charge in [-0.25, -0.2) is 0 Å². The van der Waals surface area contributed by atoms with E-state index >= 15 is 0 Å². The number of nitrogens with one attached hydrogen (secondary N) is 2. The monoisotopic (exact) mass is 487 g/mol. The first-order chi connectivity index (χ1) is 16.3. The van der Waals surface area contributed by atoms with E-state index in [0.717, 1.165) is 31.5 Å². The highest BCUT2D eigenvalue weighted by Gasteiger charge is 2.29. The van der Waals surface area contributed by atoms with Crippen LogP contribution < -0.4 is 20.1 Å². The van der Waals surface area contributed by atoms with E-state index in [1.165, 1.54) is 14.2 Å². The quantitative estimate of drug-likeness (QED) is 0.528. The number of ether oxygens (including phenoxy) is 2. The number of hydrogen-bond donors (Lipinski definition) is 2. The molecule has 3 rings (SSSR count). The van der Waals surface area contributed by atoms with Crippen LogP contribution in [0.2, 0.25) is 5.02 Å². The highest BCUT2D eigenvalue weighted by Crippen LogP contribution is 2.30. The molecule has 0 bridgehead atoms. The average Bonchev–Trinajstić information content (AvgIpc) is 3.37. The Morgan fingerprint density at radius 2 is 1.65 bits per heavy atom. The van der Waals surface area contributed by atoms with Gasteiger partial charge in [0, 0.05) is 23.2 Å². The number of carbonyl (C=O) groups is 2. The van der Waals surface area contributed by atoms with Crippen molar-refractivity contribution in [1.82, 2.24) is 15.5 Å². The molecular weight excluding hydrogens is 454 g/mol. The van der Waals surface area contributed by atoms with Crippen LogP contribution in [0, 0.1) is 5.92 Å². The molecule has 0 aromatic heterocycles. The SMILES string of the molecule is COc1cc(OC)cc(C(=O)N[C@H](C(=O)NC[C@H](c2ccccc2Cl)N2CCCC2)C(C)C)c1. The Balaban J connectivity index is 1.73. The molecule has 1 saturated heterocycles. The van der Waals surface area contributed by atoms with Gasteiger partial charge in [0.05, 0.1) is 20.3 Å². The molecule has 0 spiro atoms. The van der Waals surface area contributed by atoms with Gasteiger partial charge in [-0.15, -0.1) is 0 Å². The number of methoxy groups -OCH3 is 2. The van der Waals surface area contributed by atoms with Crippen LogP contribution in [0.15, 0.2) is 42.5 Å². The summed E-state index contributed by atoms with van der Waals surface area (Å²) in [6.45, 7) is 6.15. The summed E-state index contributed by atoms with van der Waals surface area (Å²) in [7, 11) is 3.05. The van der Waals surface area contributed by atoms with Crippen LogP contribution in [-0.2, 0) is 4.79 Å². The van der Waals surface area contributed by atoms with Gasteiger partial charge >= 0.3 is 0 Å². The zero-order chi connectivity index (χ0) is 24.7. The maximum absolute atomic E-state index is 13.2. The minimum Gasteiger partial charge on any atom is -0.497 e. The second-order valence-electron chi connectivity index (χ2n) is 8.82. The van der Waals surface area contributed by atoms with Gasteiger partial charge in [0.1, 0.15) is 17.5 Å². The number of halogens is 1. The summed E-state index contributed by atoms with van der Waals surface area (Å²) in [6, 6.07) is 12.0. The molecule has 184 valence electrons. The van der Waals surface area contributed by atoms with Crippen LogP contribution in [0.3, 0.4) is 0 Å². The Kier molecular flexibility index (Phi) is 9.19. The van der Waals surface area contributed by atoms with Crippen LogP contribution in [0.4, 0.5) is 0 Å². The molecular formula is C26H34ClN3O4. The van der Waals surface area contributed by atoms with Crippen LogP contribution >= 0.6 is 11.6 Å². The fraction of sp³-hybridized carbons (Fsp3) is 0.462. The van der Waals surface area contributed by atoms with Crippen LogP contribution in [0.1, 0.15) is 48.7 Å². The molecule has 0 saturated carbocycles. The normalized spacial score (nSPS) is 15.6. The molecule has 2 N–H and O–H groups in total. The number of likely N-dealkylation sites (tertiary alicyclic amines) is 1. The molecule has 0 unspecified atom stereocenters. The molecule has 8 heteroatoms. The third kappa shape index (κ3) is 6.42. The lowest BCUT2D eigenvalue weighted by molar-refractivity contribution is -0.124. The molecule has 1 fully saturated rings. The summed E-state index contributed by atoms with van der Waals surface area (Å²) >= 11 is 6.49. The Morgan fingerprint density at radius 1 is 1.03 bits per heavy atom. The largest absolute Gasteiger partial charge is 0.497 e. The fourth-order valence-electron chi connectivity index (χ4n) is 4.24. The second kappa shape index (κ2) is 12.1. The van der Waals surface area contributed by atoms with E-state index in [-0.39, 0.29) is 23.8 Å². The molecule has 2 aromatic carbocycles. The van der Waals surface area contributed by atoms with E-state index < -0.39 is 6.04 Å².